The van der Waals surface area contributed by atoms with Crippen molar-refractivity contribution in [1.82, 2.24) is 15.3 Å². The Balaban J connectivity index is 2.00. The molecule has 6 nitrogen and oxygen atoms in total. The monoisotopic (exact) mass is 401 g/mol. The maximum Gasteiger partial charge on any atom is 0.141 e. The van der Waals surface area contributed by atoms with Crippen LogP contribution >= 0.6 is 0 Å². The molecular formula is C22H28FN3O3. The van der Waals surface area contributed by atoms with Crippen LogP contribution in [-0.2, 0) is 6.42 Å². The third-order valence-corrected chi connectivity index (χ3v) is 4.96. The molecule has 7 heteroatoms. The first kappa shape index (κ1) is 21.1. The lowest BCUT2D eigenvalue weighted by molar-refractivity contribution is 0.191. The Morgan fingerprint density at radius 1 is 1.21 bits per heavy atom. The van der Waals surface area contributed by atoms with E-state index in [2.05, 4.69) is 22.2 Å². The van der Waals surface area contributed by atoms with Crippen molar-refractivity contribution in [3.8, 4) is 11.5 Å². The topological polar surface area (TPSA) is 90.4 Å². The molecule has 1 aromatic heterocycles. The molecule has 2 atom stereocenters. The van der Waals surface area contributed by atoms with Crippen LogP contribution in [0.3, 0.4) is 0 Å². The summed E-state index contributed by atoms with van der Waals surface area (Å²) in [4.78, 5) is 7.64. The van der Waals surface area contributed by atoms with Crippen molar-refractivity contribution < 1.29 is 19.3 Å². The number of rotatable bonds is 8. The third kappa shape index (κ3) is 4.68. The Kier molecular flexibility index (Phi) is 6.39. The van der Waals surface area contributed by atoms with E-state index in [4.69, 9.17) is 4.74 Å². The first-order chi connectivity index (χ1) is 13.8. The predicted octanol–water partition coefficient (Wildman–Crippen LogP) is 3.82. The number of aliphatic hydroxyl groups excluding tert-OH is 1. The Morgan fingerprint density at radius 3 is 2.66 bits per heavy atom. The molecule has 0 spiro atoms. The number of phenols is 1. The van der Waals surface area contributed by atoms with E-state index in [9.17, 15) is 14.6 Å². The summed E-state index contributed by atoms with van der Waals surface area (Å²) in [6.07, 6.45) is 0.134. The van der Waals surface area contributed by atoms with E-state index >= 15 is 0 Å². The number of aromatic nitrogens is 2. The number of aromatic amines is 1. The molecule has 156 valence electrons. The summed E-state index contributed by atoms with van der Waals surface area (Å²) >= 11 is 0. The van der Waals surface area contributed by atoms with Gasteiger partial charge in [0.2, 0.25) is 0 Å². The SMILES string of the molecule is CNC(C)CCc1c(O)ccc2[nH]c(C(O)c3cc(F)ccc3OC(C)C)nc12. The highest BCUT2D eigenvalue weighted by molar-refractivity contribution is 5.81. The number of hydrogen-bond acceptors (Lipinski definition) is 5. The molecule has 0 aliphatic rings. The minimum atomic E-state index is -1.20. The lowest BCUT2D eigenvalue weighted by Crippen LogP contribution is -2.21. The van der Waals surface area contributed by atoms with Gasteiger partial charge < -0.3 is 25.3 Å². The van der Waals surface area contributed by atoms with Gasteiger partial charge in [-0.3, -0.25) is 0 Å². The molecule has 0 fully saturated rings. The number of hydrogen-bond donors (Lipinski definition) is 4. The Labute approximate surface area is 169 Å². The maximum absolute atomic E-state index is 13.9. The number of benzene rings is 2. The van der Waals surface area contributed by atoms with E-state index < -0.39 is 11.9 Å². The molecule has 2 aromatic carbocycles. The standard InChI is InChI=1S/C22H28FN3O3/c1-12(2)29-19-10-6-14(23)11-16(19)21(28)22-25-17-8-9-18(27)15(20(17)26-22)7-5-13(3)24-4/h6,8-13,21,24,27-28H,5,7H2,1-4H3,(H,25,26). The molecule has 0 aliphatic heterocycles. The van der Waals surface area contributed by atoms with Gasteiger partial charge in [-0.25, -0.2) is 9.37 Å². The zero-order valence-electron chi connectivity index (χ0n) is 17.2. The molecule has 3 rings (SSSR count). The van der Waals surface area contributed by atoms with Crippen molar-refractivity contribution in [2.24, 2.45) is 0 Å². The van der Waals surface area contributed by atoms with Gasteiger partial charge in [0, 0.05) is 17.2 Å². The van der Waals surface area contributed by atoms with E-state index in [0.717, 1.165) is 12.0 Å². The molecule has 1 heterocycles. The highest BCUT2D eigenvalue weighted by Crippen LogP contribution is 2.33. The summed E-state index contributed by atoms with van der Waals surface area (Å²) in [7, 11) is 1.89. The normalized spacial score (nSPS) is 13.8. The average Bonchev–Trinajstić information content (AvgIpc) is 3.11. The molecule has 0 radical (unpaired) electrons. The van der Waals surface area contributed by atoms with Gasteiger partial charge >= 0.3 is 0 Å². The number of imidazole rings is 1. The van der Waals surface area contributed by atoms with Crippen molar-refractivity contribution in [2.45, 2.75) is 51.9 Å². The molecule has 2 unspecified atom stereocenters. The molecule has 4 N–H and O–H groups in total. The van der Waals surface area contributed by atoms with Crippen LogP contribution in [0, 0.1) is 5.82 Å². The second-order valence-electron chi connectivity index (χ2n) is 7.56. The van der Waals surface area contributed by atoms with Crippen LogP contribution in [0.15, 0.2) is 30.3 Å². The van der Waals surface area contributed by atoms with Gasteiger partial charge in [-0.05, 0) is 71.0 Å². The number of nitrogens with zero attached hydrogens (tertiary/aromatic N) is 1. The van der Waals surface area contributed by atoms with Gasteiger partial charge in [-0.2, -0.15) is 0 Å². The summed E-state index contributed by atoms with van der Waals surface area (Å²) in [6, 6.07) is 7.68. The van der Waals surface area contributed by atoms with E-state index in [1.807, 2.05) is 20.9 Å². The number of aliphatic hydroxyl groups is 1. The molecule has 0 saturated carbocycles. The largest absolute Gasteiger partial charge is 0.508 e. The van der Waals surface area contributed by atoms with E-state index in [-0.39, 0.29) is 23.7 Å². The van der Waals surface area contributed by atoms with Crippen molar-refractivity contribution in [1.29, 1.82) is 0 Å². The van der Waals surface area contributed by atoms with Crippen LogP contribution in [0.2, 0.25) is 0 Å². The van der Waals surface area contributed by atoms with Gasteiger partial charge in [0.15, 0.2) is 0 Å². The smallest absolute Gasteiger partial charge is 0.141 e. The van der Waals surface area contributed by atoms with E-state index in [1.165, 1.54) is 18.2 Å². The minimum Gasteiger partial charge on any atom is -0.508 e. The second-order valence-corrected chi connectivity index (χ2v) is 7.56. The highest BCUT2D eigenvalue weighted by Gasteiger charge is 2.22. The number of aromatic hydroxyl groups is 1. The Hall–Kier alpha value is -2.64. The predicted molar refractivity (Wildman–Crippen MR) is 111 cm³/mol. The first-order valence-electron chi connectivity index (χ1n) is 9.82. The number of nitrogens with one attached hydrogen (secondary N) is 2. The van der Waals surface area contributed by atoms with Gasteiger partial charge in [0.25, 0.3) is 0 Å². The summed E-state index contributed by atoms with van der Waals surface area (Å²) in [5, 5.41) is 24.4. The number of aryl methyl sites for hydroxylation is 1. The minimum absolute atomic E-state index is 0.125. The number of halogens is 1. The van der Waals surface area contributed by atoms with Crippen molar-refractivity contribution in [3.05, 3.63) is 53.1 Å². The van der Waals surface area contributed by atoms with Crippen LogP contribution in [0.5, 0.6) is 11.5 Å². The van der Waals surface area contributed by atoms with Crippen LogP contribution in [0.25, 0.3) is 11.0 Å². The van der Waals surface area contributed by atoms with E-state index in [0.29, 0.717) is 28.8 Å². The van der Waals surface area contributed by atoms with Crippen LogP contribution in [0.1, 0.15) is 50.2 Å². The van der Waals surface area contributed by atoms with Gasteiger partial charge in [0.1, 0.15) is 29.2 Å². The third-order valence-electron chi connectivity index (χ3n) is 4.96. The summed E-state index contributed by atoms with van der Waals surface area (Å²) in [5.41, 5.74) is 2.32. The fourth-order valence-corrected chi connectivity index (χ4v) is 3.26. The average molecular weight is 401 g/mol. The van der Waals surface area contributed by atoms with Crippen LogP contribution in [0.4, 0.5) is 4.39 Å². The number of phenolic OH excluding ortho intramolecular Hbond substituents is 1. The molecular weight excluding hydrogens is 373 g/mol. The van der Waals surface area contributed by atoms with Gasteiger partial charge in [-0.15, -0.1) is 0 Å². The summed E-state index contributed by atoms with van der Waals surface area (Å²) < 4.78 is 19.6. The molecule has 0 saturated heterocycles. The molecule has 3 aromatic rings. The summed E-state index contributed by atoms with van der Waals surface area (Å²) in [5.74, 6) is 0.376. The molecule has 0 bridgehead atoms. The fourth-order valence-electron chi connectivity index (χ4n) is 3.26. The quantitative estimate of drug-likeness (QED) is 0.461. The Morgan fingerprint density at radius 2 is 1.97 bits per heavy atom. The van der Waals surface area contributed by atoms with Crippen LogP contribution in [-0.4, -0.2) is 39.4 Å². The van der Waals surface area contributed by atoms with Crippen LogP contribution < -0.4 is 10.1 Å². The second kappa shape index (κ2) is 8.80. The zero-order valence-corrected chi connectivity index (χ0v) is 17.2. The molecule has 0 aliphatic carbocycles. The maximum atomic E-state index is 13.9. The van der Waals surface area contributed by atoms with Crippen molar-refractivity contribution >= 4 is 11.0 Å². The fraction of sp³-hybridized carbons (Fsp3) is 0.409. The van der Waals surface area contributed by atoms with E-state index in [1.54, 1.807) is 12.1 Å². The lowest BCUT2D eigenvalue weighted by Gasteiger charge is -2.17. The van der Waals surface area contributed by atoms with Crippen molar-refractivity contribution in [2.75, 3.05) is 7.05 Å². The zero-order chi connectivity index (χ0) is 21.1. The lowest BCUT2D eigenvalue weighted by atomic mass is 10.0. The number of ether oxygens (including phenoxy) is 1. The van der Waals surface area contributed by atoms with Gasteiger partial charge in [-0.1, -0.05) is 0 Å². The Bertz CT molecular complexity index is 987. The summed E-state index contributed by atoms with van der Waals surface area (Å²) in [6.45, 7) is 5.79. The molecule has 29 heavy (non-hydrogen) atoms. The first-order valence-corrected chi connectivity index (χ1v) is 9.82. The van der Waals surface area contributed by atoms with Crippen molar-refractivity contribution in [3.63, 3.8) is 0 Å². The highest BCUT2D eigenvalue weighted by atomic mass is 19.1. The number of H-pyrrole nitrogens is 1. The molecule has 0 amide bonds. The van der Waals surface area contributed by atoms with Gasteiger partial charge in [0.05, 0.1) is 17.1 Å². The number of fused-ring (bicyclic) bond motifs is 1.